The third-order valence-corrected chi connectivity index (χ3v) is 6.38. The van der Waals surface area contributed by atoms with Crippen molar-refractivity contribution in [1.29, 1.82) is 0 Å². The number of methoxy groups -OCH3 is 1. The molecule has 3 aromatic rings. The minimum atomic E-state index is -0.837. The van der Waals surface area contributed by atoms with Crippen LogP contribution in [-0.2, 0) is 9.59 Å². The number of nitrogens with zero attached hydrogens (tertiary/aromatic N) is 1. The van der Waals surface area contributed by atoms with Crippen molar-refractivity contribution in [2.45, 2.75) is 19.9 Å². The first-order valence-electron chi connectivity index (χ1n) is 9.59. The van der Waals surface area contributed by atoms with Gasteiger partial charge in [-0.3, -0.25) is 14.5 Å². The lowest BCUT2D eigenvalue weighted by Crippen LogP contribution is -2.29. The molecular formula is C24H20FNO4S. The second kappa shape index (κ2) is 8.00. The summed E-state index contributed by atoms with van der Waals surface area (Å²) >= 11 is 1.39. The lowest BCUT2D eigenvalue weighted by molar-refractivity contribution is -0.132. The molecule has 7 heteroatoms. The van der Waals surface area contributed by atoms with Crippen LogP contribution in [0.25, 0.3) is 5.76 Å². The molecule has 1 atom stereocenters. The molecule has 1 N–H and O–H groups in total. The highest BCUT2D eigenvalue weighted by Gasteiger charge is 2.48. The largest absolute Gasteiger partial charge is 0.507 e. The number of rotatable bonds is 4. The van der Waals surface area contributed by atoms with Crippen molar-refractivity contribution >= 4 is 34.5 Å². The number of carbonyl (C=O) groups excluding carboxylic acids is 2. The monoisotopic (exact) mass is 437 g/mol. The van der Waals surface area contributed by atoms with Crippen molar-refractivity contribution in [3.05, 3.63) is 86.9 Å². The van der Waals surface area contributed by atoms with Crippen LogP contribution < -0.4 is 9.64 Å². The lowest BCUT2D eigenvalue weighted by Gasteiger charge is -2.25. The quantitative estimate of drug-likeness (QED) is 0.349. The van der Waals surface area contributed by atoms with Crippen LogP contribution >= 0.6 is 11.3 Å². The number of aliphatic hydroxyl groups is 1. The zero-order chi connectivity index (χ0) is 22.3. The summed E-state index contributed by atoms with van der Waals surface area (Å²) in [6.07, 6.45) is 0. The number of hydrogen-bond acceptors (Lipinski definition) is 5. The molecule has 31 heavy (non-hydrogen) atoms. The number of Topliss-reactive ketones (excluding diaryl/α,β-unsaturated/α-hetero) is 1. The van der Waals surface area contributed by atoms with Crippen LogP contribution in [0.4, 0.5) is 10.1 Å². The molecule has 1 amide bonds. The number of thiophene rings is 1. The average molecular weight is 437 g/mol. The number of aryl methyl sites for hydroxylation is 2. The van der Waals surface area contributed by atoms with E-state index in [4.69, 9.17) is 4.74 Å². The zero-order valence-electron chi connectivity index (χ0n) is 17.2. The number of hydrogen-bond donors (Lipinski definition) is 1. The van der Waals surface area contributed by atoms with Crippen molar-refractivity contribution < 1.29 is 23.8 Å². The van der Waals surface area contributed by atoms with Gasteiger partial charge in [-0.1, -0.05) is 11.6 Å². The summed E-state index contributed by atoms with van der Waals surface area (Å²) in [4.78, 5) is 28.3. The summed E-state index contributed by atoms with van der Waals surface area (Å²) in [6.45, 7) is 3.73. The molecule has 2 heterocycles. The van der Waals surface area contributed by atoms with Crippen molar-refractivity contribution in [2.24, 2.45) is 0 Å². The molecule has 1 aliphatic heterocycles. The second-order valence-corrected chi connectivity index (χ2v) is 8.26. The van der Waals surface area contributed by atoms with Gasteiger partial charge in [0.15, 0.2) is 0 Å². The maximum absolute atomic E-state index is 13.5. The van der Waals surface area contributed by atoms with Crippen LogP contribution in [0.3, 0.4) is 0 Å². The topological polar surface area (TPSA) is 66.8 Å². The highest BCUT2D eigenvalue weighted by molar-refractivity contribution is 7.10. The second-order valence-electron chi connectivity index (χ2n) is 7.32. The maximum Gasteiger partial charge on any atom is 0.300 e. The number of benzene rings is 2. The Morgan fingerprint density at radius 3 is 2.42 bits per heavy atom. The van der Waals surface area contributed by atoms with Gasteiger partial charge in [0.1, 0.15) is 23.4 Å². The molecular weight excluding hydrogens is 417 g/mol. The number of ketones is 1. The van der Waals surface area contributed by atoms with E-state index in [0.29, 0.717) is 17.0 Å². The van der Waals surface area contributed by atoms with Gasteiger partial charge in [0, 0.05) is 10.6 Å². The maximum atomic E-state index is 13.5. The first kappa shape index (κ1) is 20.8. The van der Waals surface area contributed by atoms with Gasteiger partial charge in [-0.25, -0.2) is 4.39 Å². The van der Waals surface area contributed by atoms with Crippen molar-refractivity contribution in [3.8, 4) is 5.75 Å². The van der Waals surface area contributed by atoms with Gasteiger partial charge in [-0.05, 0) is 67.3 Å². The summed E-state index contributed by atoms with van der Waals surface area (Å²) < 4.78 is 18.9. The molecule has 0 bridgehead atoms. The molecule has 1 aliphatic rings. The molecule has 5 nitrogen and oxygen atoms in total. The van der Waals surface area contributed by atoms with Crippen LogP contribution in [0, 0.1) is 19.7 Å². The number of ether oxygens (including phenoxy) is 1. The summed E-state index contributed by atoms with van der Waals surface area (Å²) in [5.74, 6) is -1.95. The number of halogens is 1. The van der Waals surface area contributed by atoms with Crippen LogP contribution in [0.15, 0.2) is 59.5 Å². The number of carbonyl (C=O) groups is 2. The van der Waals surface area contributed by atoms with E-state index in [9.17, 15) is 19.1 Å². The first-order valence-corrected chi connectivity index (χ1v) is 10.5. The minimum Gasteiger partial charge on any atom is -0.507 e. The summed E-state index contributed by atoms with van der Waals surface area (Å²) in [5, 5.41) is 13.1. The number of amides is 1. The molecule has 4 rings (SSSR count). The Labute approximate surface area is 183 Å². The van der Waals surface area contributed by atoms with Crippen molar-refractivity contribution in [2.75, 3.05) is 12.0 Å². The predicted octanol–water partition coefficient (Wildman–Crippen LogP) is 5.14. The van der Waals surface area contributed by atoms with Gasteiger partial charge < -0.3 is 9.84 Å². The predicted molar refractivity (Wildman–Crippen MR) is 118 cm³/mol. The van der Waals surface area contributed by atoms with E-state index in [-0.39, 0.29) is 11.3 Å². The van der Waals surface area contributed by atoms with Crippen LogP contribution in [0.2, 0.25) is 0 Å². The molecule has 0 spiro atoms. The van der Waals surface area contributed by atoms with Crippen molar-refractivity contribution in [3.63, 3.8) is 0 Å². The van der Waals surface area contributed by atoms with E-state index >= 15 is 0 Å². The Balaban J connectivity index is 1.98. The Bertz CT molecular complexity index is 1210. The van der Waals surface area contributed by atoms with E-state index in [1.807, 2.05) is 31.4 Å². The molecule has 2 aromatic carbocycles. The number of anilines is 1. The number of aliphatic hydroxyl groups excluding tert-OH is 1. The fraction of sp³-hybridized carbons (Fsp3) is 0.167. The normalized spacial score (nSPS) is 17.9. The van der Waals surface area contributed by atoms with Crippen molar-refractivity contribution in [1.82, 2.24) is 0 Å². The molecule has 0 saturated carbocycles. The summed E-state index contributed by atoms with van der Waals surface area (Å²) in [6, 6.07) is 11.6. The molecule has 158 valence electrons. The van der Waals surface area contributed by atoms with E-state index < -0.39 is 23.5 Å². The Kier molecular flexibility index (Phi) is 5.37. The Morgan fingerprint density at radius 2 is 1.81 bits per heavy atom. The van der Waals surface area contributed by atoms with Gasteiger partial charge in [-0.15, -0.1) is 11.3 Å². The van der Waals surface area contributed by atoms with Gasteiger partial charge >= 0.3 is 0 Å². The van der Waals surface area contributed by atoms with Gasteiger partial charge in [-0.2, -0.15) is 0 Å². The Morgan fingerprint density at radius 1 is 1.10 bits per heavy atom. The summed E-state index contributed by atoms with van der Waals surface area (Å²) in [5.41, 5.74) is 2.42. The van der Waals surface area contributed by atoms with E-state index in [2.05, 4.69) is 0 Å². The first-order chi connectivity index (χ1) is 14.8. The molecule has 1 unspecified atom stereocenters. The molecule has 1 fully saturated rings. The van der Waals surface area contributed by atoms with Gasteiger partial charge in [0.2, 0.25) is 0 Å². The van der Waals surface area contributed by atoms with Crippen LogP contribution in [-0.4, -0.2) is 23.9 Å². The summed E-state index contributed by atoms with van der Waals surface area (Å²) in [7, 11) is 1.47. The Hall–Kier alpha value is -3.45. The van der Waals surface area contributed by atoms with E-state index in [1.165, 1.54) is 47.6 Å². The van der Waals surface area contributed by atoms with E-state index in [0.717, 1.165) is 16.0 Å². The molecule has 0 aliphatic carbocycles. The third-order valence-electron chi connectivity index (χ3n) is 5.31. The molecule has 1 saturated heterocycles. The lowest BCUT2D eigenvalue weighted by atomic mass is 9.97. The zero-order valence-corrected chi connectivity index (χ0v) is 18.0. The molecule has 1 aromatic heterocycles. The average Bonchev–Trinajstić information content (AvgIpc) is 3.29. The highest BCUT2D eigenvalue weighted by atomic mass is 32.1. The standard InChI is InChI=1S/C24H20FNO4S/c1-13-4-9-18(30-3)17(12-13)21(27)19-20(23-14(2)10-11-31-23)26(24(29)22(19)28)16-7-5-15(25)6-8-16/h4-12,20,27H,1-3H3/b21-19+. The minimum absolute atomic E-state index is 0.0243. The highest BCUT2D eigenvalue weighted by Crippen LogP contribution is 2.45. The third kappa shape index (κ3) is 3.51. The molecule has 0 radical (unpaired) electrons. The van der Waals surface area contributed by atoms with Crippen LogP contribution in [0.5, 0.6) is 5.75 Å². The van der Waals surface area contributed by atoms with Crippen LogP contribution in [0.1, 0.15) is 27.6 Å². The SMILES string of the molecule is COc1ccc(C)cc1/C(O)=C1\C(=O)C(=O)N(c2ccc(F)cc2)C1c1sccc1C. The van der Waals surface area contributed by atoms with E-state index in [1.54, 1.807) is 12.1 Å². The van der Waals surface area contributed by atoms with Gasteiger partial charge in [0.25, 0.3) is 11.7 Å². The fourth-order valence-corrected chi connectivity index (χ4v) is 4.79. The fourth-order valence-electron chi connectivity index (χ4n) is 3.77. The van der Waals surface area contributed by atoms with Gasteiger partial charge in [0.05, 0.1) is 18.2 Å². The smallest absolute Gasteiger partial charge is 0.300 e.